The van der Waals surface area contributed by atoms with E-state index in [-0.39, 0.29) is 23.6 Å². The van der Waals surface area contributed by atoms with Gasteiger partial charge in [-0.05, 0) is 74.8 Å². The Morgan fingerprint density at radius 1 is 1.00 bits per heavy atom. The number of halogens is 1. The topological polar surface area (TPSA) is 75.6 Å². The number of likely N-dealkylation sites (tertiary alicyclic amines) is 1. The molecule has 1 atom stereocenters. The first-order chi connectivity index (χ1) is 19.0. The van der Waals surface area contributed by atoms with Gasteiger partial charge in [-0.2, -0.15) is 0 Å². The van der Waals surface area contributed by atoms with E-state index in [1.165, 1.54) is 17.7 Å². The van der Waals surface area contributed by atoms with Crippen LogP contribution in [-0.2, 0) is 16.0 Å². The van der Waals surface area contributed by atoms with Crippen LogP contribution in [0.3, 0.4) is 0 Å². The average molecular weight is 531 g/mol. The monoisotopic (exact) mass is 530 g/mol. The minimum absolute atomic E-state index is 0.170. The summed E-state index contributed by atoms with van der Waals surface area (Å²) in [5.74, 6) is 0.553. The van der Waals surface area contributed by atoms with Crippen molar-refractivity contribution in [3.63, 3.8) is 0 Å². The smallest absolute Gasteiger partial charge is 0.310 e. The first kappa shape index (κ1) is 26.8. The Balaban J connectivity index is 1.38. The number of carbonyl (C=O) groups is 2. The van der Waals surface area contributed by atoms with E-state index in [0.717, 1.165) is 38.8 Å². The molecule has 8 heteroatoms. The van der Waals surface area contributed by atoms with Crippen LogP contribution in [0.2, 0.25) is 0 Å². The van der Waals surface area contributed by atoms with Crippen molar-refractivity contribution in [1.29, 1.82) is 0 Å². The van der Waals surface area contributed by atoms with Gasteiger partial charge in [0.25, 0.3) is 5.91 Å². The molecule has 3 heterocycles. The van der Waals surface area contributed by atoms with Crippen LogP contribution in [0.25, 0.3) is 11.4 Å². The van der Waals surface area contributed by atoms with Gasteiger partial charge < -0.3 is 14.5 Å². The Morgan fingerprint density at radius 2 is 1.74 bits per heavy atom. The number of anilines is 1. The molecule has 7 nitrogen and oxygen atoms in total. The van der Waals surface area contributed by atoms with Crippen LogP contribution in [0.15, 0.2) is 60.8 Å². The Kier molecular flexibility index (Phi) is 8.49. The number of esters is 1. The molecule has 204 valence electrons. The first-order valence-corrected chi connectivity index (χ1v) is 13.9. The van der Waals surface area contributed by atoms with Crippen LogP contribution in [-0.4, -0.2) is 59.5 Å². The molecule has 0 bridgehead atoms. The van der Waals surface area contributed by atoms with Gasteiger partial charge in [-0.15, -0.1) is 0 Å². The summed E-state index contributed by atoms with van der Waals surface area (Å²) in [5, 5.41) is 0. The lowest BCUT2D eigenvalue weighted by Gasteiger charge is -2.35. The number of hydrogen-bond acceptors (Lipinski definition) is 6. The lowest BCUT2D eigenvalue weighted by Crippen LogP contribution is -2.44. The number of amides is 1. The molecule has 2 aliphatic rings. The standard InChI is InChI=1S/C31H35FN4O3/c1-2-39-31(38)25-9-6-16-36(21-25)30(37)27-20-33-28(24-10-12-26(32)13-11-24)34-29(27)35-17-14-23(15-18-35)19-22-7-4-3-5-8-22/h3-5,7-8,10-13,20,23,25H,2,6,9,14-19,21H2,1H3. The number of hydrogen-bond donors (Lipinski definition) is 0. The van der Waals surface area contributed by atoms with E-state index < -0.39 is 0 Å². The largest absolute Gasteiger partial charge is 0.466 e. The van der Waals surface area contributed by atoms with Gasteiger partial charge >= 0.3 is 5.97 Å². The zero-order valence-electron chi connectivity index (χ0n) is 22.4. The lowest BCUT2D eigenvalue weighted by atomic mass is 9.90. The number of rotatable bonds is 7. The normalized spacial score (nSPS) is 18.2. The van der Waals surface area contributed by atoms with Crippen LogP contribution < -0.4 is 4.90 Å². The van der Waals surface area contributed by atoms with Gasteiger partial charge in [0, 0.05) is 37.9 Å². The summed E-state index contributed by atoms with van der Waals surface area (Å²) in [7, 11) is 0. The maximum Gasteiger partial charge on any atom is 0.310 e. The van der Waals surface area contributed by atoms with Crippen LogP contribution in [0.5, 0.6) is 0 Å². The zero-order chi connectivity index (χ0) is 27.2. The third-order valence-electron chi connectivity index (χ3n) is 7.71. The molecule has 2 aliphatic heterocycles. The molecule has 2 fully saturated rings. The Bertz CT molecular complexity index is 1280. The second-order valence-electron chi connectivity index (χ2n) is 10.4. The maximum absolute atomic E-state index is 13.8. The van der Waals surface area contributed by atoms with Crippen molar-refractivity contribution >= 4 is 17.7 Å². The average Bonchev–Trinajstić information content (AvgIpc) is 2.98. The molecule has 2 saturated heterocycles. The predicted molar refractivity (Wildman–Crippen MR) is 148 cm³/mol. The van der Waals surface area contributed by atoms with Crippen molar-refractivity contribution in [3.05, 3.63) is 77.7 Å². The van der Waals surface area contributed by atoms with E-state index in [9.17, 15) is 14.0 Å². The van der Waals surface area contributed by atoms with E-state index in [2.05, 4.69) is 34.1 Å². The van der Waals surface area contributed by atoms with Crippen molar-refractivity contribution in [2.24, 2.45) is 11.8 Å². The summed E-state index contributed by atoms with van der Waals surface area (Å²) in [6, 6.07) is 16.6. The molecule has 1 unspecified atom stereocenters. The van der Waals surface area contributed by atoms with Gasteiger partial charge in [0.05, 0.1) is 12.5 Å². The molecule has 3 aromatic rings. The molecule has 0 aliphatic carbocycles. The molecule has 0 N–H and O–H groups in total. The molecule has 39 heavy (non-hydrogen) atoms. The van der Waals surface area contributed by atoms with Crippen molar-refractivity contribution < 1.29 is 18.7 Å². The first-order valence-electron chi connectivity index (χ1n) is 13.9. The molecular formula is C31H35FN4O3. The Labute approximate surface area is 229 Å². The van der Waals surface area contributed by atoms with Gasteiger partial charge in [-0.1, -0.05) is 30.3 Å². The number of nitrogens with zero attached hydrogens (tertiary/aromatic N) is 4. The second kappa shape index (κ2) is 12.4. The molecule has 5 rings (SSSR count). The molecule has 1 aromatic heterocycles. The summed E-state index contributed by atoms with van der Waals surface area (Å²) < 4.78 is 18.8. The SMILES string of the molecule is CCOC(=O)C1CCCN(C(=O)c2cnc(-c3ccc(F)cc3)nc2N2CCC(Cc3ccccc3)CC2)C1. The third kappa shape index (κ3) is 6.44. The van der Waals surface area contributed by atoms with E-state index in [1.807, 2.05) is 6.07 Å². The molecule has 1 amide bonds. The Hall–Kier alpha value is -3.81. The molecule has 0 radical (unpaired) electrons. The quantitative estimate of drug-likeness (QED) is 0.393. The van der Waals surface area contributed by atoms with Gasteiger partial charge in [-0.3, -0.25) is 9.59 Å². The highest BCUT2D eigenvalue weighted by Crippen LogP contribution is 2.30. The van der Waals surface area contributed by atoms with Crippen LogP contribution >= 0.6 is 0 Å². The number of carbonyl (C=O) groups excluding carboxylic acids is 2. The maximum atomic E-state index is 13.8. The number of ether oxygens (including phenoxy) is 1. The van der Waals surface area contributed by atoms with Gasteiger partial charge in [0.15, 0.2) is 5.82 Å². The van der Waals surface area contributed by atoms with Gasteiger partial charge in [0.2, 0.25) is 0 Å². The predicted octanol–water partition coefficient (Wildman–Crippen LogP) is 5.16. The summed E-state index contributed by atoms with van der Waals surface area (Å²) in [6.45, 7) is 4.58. The van der Waals surface area contributed by atoms with E-state index in [1.54, 1.807) is 30.2 Å². The fourth-order valence-corrected chi connectivity index (χ4v) is 5.58. The lowest BCUT2D eigenvalue weighted by molar-refractivity contribution is -0.149. The minimum Gasteiger partial charge on any atom is -0.466 e. The summed E-state index contributed by atoms with van der Waals surface area (Å²) >= 11 is 0. The fraction of sp³-hybridized carbons (Fsp3) is 0.419. The highest BCUT2D eigenvalue weighted by molar-refractivity contribution is 5.99. The molecule has 2 aromatic carbocycles. The molecular weight excluding hydrogens is 495 g/mol. The van der Waals surface area contributed by atoms with Crippen LogP contribution in [0.4, 0.5) is 10.2 Å². The van der Waals surface area contributed by atoms with Crippen molar-refractivity contribution in [2.75, 3.05) is 37.7 Å². The highest BCUT2D eigenvalue weighted by Gasteiger charge is 2.33. The fourth-order valence-electron chi connectivity index (χ4n) is 5.58. The zero-order valence-corrected chi connectivity index (χ0v) is 22.4. The summed E-state index contributed by atoms with van der Waals surface area (Å²) in [6.07, 6.45) is 6.07. The molecule has 0 saturated carbocycles. The van der Waals surface area contributed by atoms with Crippen LogP contribution in [0, 0.1) is 17.7 Å². The van der Waals surface area contributed by atoms with Gasteiger partial charge in [-0.25, -0.2) is 14.4 Å². The van der Waals surface area contributed by atoms with Crippen molar-refractivity contribution in [2.45, 2.75) is 39.0 Å². The Morgan fingerprint density at radius 3 is 2.46 bits per heavy atom. The van der Waals surface area contributed by atoms with Gasteiger partial charge in [0.1, 0.15) is 17.2 Å². The molecule has 0 spiro atoms. The number of piperidine rings is 2. The van der Waals surface area contributed by atoms with E-state index >= 15 is 0 Å². The highest BCUT2D eigenvalue weighted by atomic mass is 19.1. The number of aromatic nitrogens is 2. The van der Waals surface area contributed by atoms with E-state index in [4.69, 9.17) is 9.72 Å². The third-order valence-corrected chi connectivity index (χ3v) is 7.71. The summed E-state index contributed by atoms with van der Waals surface area (Å²) in [4.78, 5) is 39.5. The minimum atomic E-state index is -0.326. The summed E-state index contributed by atoms with van der Waals surface area (Å²) in [5.41, 5.74) is 2.47. The van der Waals surface area contributed by atoms with Crippen molar-refractivity contribution in [1.82, 2.24) is 14.9 Å². The van der Waals surface area contributed by atoms with E-state index in [0.29, 0.717) is 54.8 Å². The van der Waals surface area contributed by atoms with Crippen LogP contribution in [0.1, 0.15) is 48.5 Å². The number of benzene rings is 2. The second-order valence-corrected chi connectivity index (χ2v) is 10.4. The van der Waals surface area contributed by atoms with Crippen molar-refractivity contribution in [3.8, 4) is 11.4 Å².